The van der Waals surface area contributed by atoms with Crippen LogP contribution in [-0.2, 0) is 19.4 Å². The van der Waals surface area contributed by atoms with E-state index in [2.05, 4.69) is 15.5 Å². The van der Waals surface area contributed by atoms with Gasteiger partial charge in [-0.2, -0.15) is 0 Å². The van der Waals surface area contributed by atoms with Gasteiger partial charge in [0.25, 0.3) is 11.8 Å². The van der Waals surface area contributed by atoms with Gasteiger partial charge in [0.15, 0.2) is 23.1 Å². The highest BCUT2D eigenvalue weighted by Gasteiger charge is 2.32. The lowest BCUT2D eigenvalue weighted by molar-refractivity contribution is 0.0906. The first-order valence-electron chi connectivity index (χ1n) is 14.9. The molecule has 1 atom stereocenters. The van der Waals surface area contributed by atoms with Crippen LogP contribution in [0.4, 0.5) is 8.78 Å². The summed E-state index contributed by atoms with van der Waals surface area (Å²) in [6, 6.07) is 14.1. The maximum absolute atomic E-state index is 13.7. The molecule has 242 valence electrons. The van der Waals surface area contributed by atoms with Crippen molar-refractivity contribution >= 4 is 23.2 Å². The Kier molecular flexibility index (Phi) is 8.99. The van der Waals surface area contributed by atoms with Crippen molar-refractivity contribution in [3.8, 4) is 33.4 Å². The van der Waals surface area contributed by atoms with Gasteiger partial charge in [-0.25, -0.2) is 8.78 Å². The Morgan fingerprint density at radius 2 is 1.81 bits per heavy atom. The maximum Gasteiger partial charge on any atom is 0.261 e. The van der Waals surface area contributed by atoms with Gasteiger partial charge in [-0.3, -0.25) is 14.6 Å². The number of benzene rings is 2. The zero-order valence-corrected chi connectivity index (χ0v) is 26.6. The lowest BCUT2D eigenvalue weighted by atomic mass is 9.91. The number of aromatic nitrogens is 3. The molecule has 1 aliphatic rings. The highest BCUT2D eigenvalue weighted by Crippen LogP contribution is 2.42. The van der Waals surface area contributed by atoms with E-state index in [-0.39, 0.29) is 36.9 Å². The summed E-state index contributed by atoms with van der Waals surface area (Å²) < 4.78 is 45.2. The van der Waals surface area contributed by atoms with Crippen LogP contribution in [0.25, 0.3) is 21.9 Å². The topological polar surface area (TPSA) is 142 Å². The van der Waals surface area contributed by atoms with E-state index < -0.39 is 29.6 Å². The van der Waals surface area contributed by atoms with Crippen molar-refractivity contribution in [3.63, 3.8) is 0 Å². The van der Waals surface area contributed by atoms with Crippen molar-refractivity contribution in [1.82, 2.24) is 20.5 Å². The molecule has 0 bridgehead atoms. The molecule has 2 aromatic carbocycles. The Bertz CT molecular complexity index is 1970. The maximum atomic E-state index is 13.7. The van der Waals surface area contributed by atoms with Crippen LogP contribution < -0.4 is 20.5 Å². The highest BCUT2D eigenvalue weighted by atomic mass is 32.1. The number of fused-ring (bicyclic) bond motifs is 1. The number of thiophene rings is 1. The number of ether oxygens (including phenoxy) is 2. The highest BCUT2D eigenvalue weighted by molar-refractivity contribution is 7.17. The Morgan fingerprint density at radius 3 is 2.51 bits per heavy atom. The third-order valence-corrected chi connectivity index (χ3v) is 8.54. The molecule has 47 heavy (non-hydrogen) atoms. The summed E-state index contributed by atoms with van der Waals surface area (Å²) in [5.41, 5.74) is 8.49. The monoisotopic (exact) mass is 659 g/mol. The standard InChI is InChI=1S/C34H31F2N5O5S/c1-17(2)12-23-29(32(37)42)31(27-10-11-28(47-27)33(43)38-15-19-8-9-21(35)22(36)13-19)30(34-41-40-18(3)45-34)24(39-23)14-20-16-44-25-6-4-5-7-26(25)46-20/h4-11,13,17,20H,12,14-16H2,1-3H3,(H2,37,42)(H,38,43)/t20-/m1/s1. The fraction of sp³-hybridized carbons (Fsp3) is 0.265. The second-order valence-corrected chi connectivity index (χ2v) is 12.6. The van der Waals surface area contributed by atoms with Gasteiger partial charge < -0.3 is 24.9 Å². The summed E-state index contributed by atoms with van der Waals surface area (Å²) in [5, 5.41) is 11.1. The lowest BCUT2D eigenvalue weighted by Gasteiger charge is -2.27. The molecule has 0 saturated carbocycles. The average Bonchev–Trinajstić information content (AvgIpc) is 3.70. The van der Waals surface area contributed by atoms with Gasteiger partial charge in [-0.05, 0) is 54.3 Å². The van der Waals surface area contributed by atoms with Gasteiger partial charge in [-0.1, -0.05) is 32.0 Å². The van der Waals surface area contributed by atoms with Crippen LogP contribution in [0.3, 0.4) is 0 Å². The fourth-order valence-corrected chi connectivity index (χ4v) is 6.38. The SMILES string of the molecule is Cc1nnc(-c2c(C[C@@H]3COc4ccccc4O3)nc(CC(C)C)c(C(N)=O)c2-c2ccc(C(=O)NCc3ccc(F)c(F)c3)s2)o1. The van der Waals surface area contributed by atoms with E-state index in [1.165, 1.54) is 6.07 Å². The number of pyridine rings is 1. The summed E-state index contributed by atoms with van der Waals surface area (Å²) in [5.74, 6) is -1.30. The summed E-state index contributed by atoms with van der Waals surface area (Å²) >= 11 is 1.13. The molecule has 3 aromatic heterocycles. The fourth-order valence-electron chi connectivity index (χ4n) is 5.40. The molecule has 3 N–H and O–H groups in total. The molecule has 0 unspecified atom stereocenters. The van der Waals surface area contributed by atoms with Gasteiger partial charge >= 0.3 is 0 Å². The van der Waals surface area contributed by atoms with Gasteiger partial charge in [0.1, 0.15) is 12.7 Å². The number of para-hydroxylation sites is 2. The van der Waals surface area contributed by atoms with Gasteiger partial charge in [-0.15, -0.1) is 21.5 Å². The smallest absolute Gasteiger partial charge is 0.261 e. The van der Waals surface area contributed by atoms with Crippen molar-refractivity contribution in [2.75, 3.05) is 6.61 Å². The predicted octanol–water partition coefficient (Wildman–Crippen LogP) is 6.06. The van der Waals surface area contributed by atoms with Crippen LogP contribution in [0.1, 0.15) is 56.7 Å². The van der Waals surface area contributed by atoms with Crippen LogP contribution in [-0.4, -0.2) is 39.7 Å². The Balaban J connectivity index is 1.44. The number of rotatable bonds is 10. The number of hydrogen-bond acceptors (Lipinski definition) is 9. The molecule has 6 rings (SSSR count). The van der Waals surface area contributed by atoms with E-state index in [1.54, 1.807) is 19.1 Å². The first-order valence-corrected chi connectivity index (χ1v) is 15.8. The van der Waals surface area contributed by atoms with Crippen LogP contribution in [0.5, 0.6) is 11.5 Å². The third kappa shape index (κ3) is 6.85. The summed E-state index contributed by atoms with van der Waals surface area (Å²) in [4.78, 5) is 32.2. The van der Waals surface area contributed by atoms with Gasteiger partial charge in [0.05, 0.1) is 27.4 Å². The van der Waals surface area contributed by atoms with Crippen LogP contribution in [0.15, 0.2) is 59.0 Å². The van der Waals surface area contributed by atoms with Crippen molar-refractivity contribution in [2.24, 2.45) is 11.7 Å². The molecular formula is C34H31F2N5O5S. The molecule has 0 radical (unpaired) electrons. The number of nitrogens with zero attached hydrogens (tertiary/aromatic N) is 3. The lowest BCUT2D eigenvalue weighted by Crippen LogP contribution is -2.32. The minimum atomic E-state index is -1.00. The minimum Gasteiger partial charge on any atom is -0.486 e. The average molecular weight is 660 g/mol. The number of halogens is 2. The number of hydrogen-bond donors (Lipinski definition) is 2. The van der Waals surface area contributed by atoms with E-state index >= 15 is 0 Å². The molecule has 0 aliphatic carbocycles. The van der Waals surface area contributed by atoms with Gasteiger partial charge in [0, 0.05) is 30.3 Å². The van der Waals surface area contributed by atoms with Crippen LogP contribution >= 0.6 is 11.3 Å². The van der Waals surface area contributed by atoms with Crippen molar-refractivity contribution in [1.29, 1.82) is 0 Å². The normalized spacial score (nSPS) is 14.0. The number of nitrogens with one attached hydrogen (secondary N) is 1. The summed E-state index contributed by atoms with van der Waals surface area (Å²) in [6.45, 7) is 5.91. The Hall–Kier alpha value is -5.17. The molecular weight excluding hydrogens is 628 g/mol. The third-order valence-electron chi connectivity index (χ3n) is 7.44. The quantitative estimate of drug-likeness (QED) is 0.184. The molecule has 13 heteroatoms. The molecule has 4 heterocycles. The van der Waals surface area contributed by atoms with E-state index in [0.717, 1.165) is 23.5 Å². The summed E-state index contributed by atoms with van der Waals surface area (Å²) in [7, 11) is 0. The number of primary amides is 1. The van der Waals surface area contributed by atoms with E-state index in [1.807, 2.05) is 38.1 Å². The van der Waals surface area contributed by atoms with Gasteiger partial charge in [0.2, 0.25) is 11.8 Å². The van der Waals surface area contributed by atoms with E-state index in [0.29, 0.717) is 61.6 Å². The Labute approximate surface area is 273 Å². The number of carbonyl (C=O) groups excluding carboxylic acids is 2. The molecule has 5 aromatic rings. The van der Waals surface area contributed by atoms with Crippen LogP contribution in [0, 0.1) is 24.5 Å². The van der Waals surface area contributed by atoms with Crippen LogP contribution in [0.2, 0.25) is 0 Å². The zero-order chi connectivity index (χ0) is 33.2. The molecule has 2 amide bonds. The number of aryl methyl sites for hydroxylation is 1. The largest absolute Gasteiger partial charge is 0.486 e. The Morgan fingerprint density at radius 1 is 1.02 bits per heavy atom. The van der Waals surface area contributed by atoms with E-state index in [4.69, 9.17) is 24.6 Å². The summed E-state index contributed by atoms with van der Waals surface area (Å²) in [6.07, 6.45) is 0.286. The zero-order valence-electron chi connectivity index (χ0n) is 25.8. The molecule has 0 saturated heterocycles. The molecule has 10 nitrogen and oxygen atoms in total. The van der Waals surface area contributed by atoms with Crippen molar-refractivity contribution in [3.05, 3.63) is 99.5 Å². The molecule has 0 fully saturated rings. The van der Waals surface area contributed by atoms with Crippen molar-refractivity contribution in [2.45, 2.75) is 46.3 Å². The number of carbonyl (C=O) groups is 2. The second-order valence-electron chi connectivity index (χ2n) is 11.5. The number of nitrogens with two attached hydrogens (primary N) is 1. The molecule has 0 spiro atoms. The number of amides is 2. The molecule has 1 aliphatic heterocycles. The minimum absolute atomic E-state index is 0.0210. The first-order chi connectivity index (χ1) is 22.6. The van der Waals surface area contributed by atoms with Crippen molar-refractivity contribution < 1.29 is 32.3 Å². The predicted molar refractivity (Wildman–Crippen MR) is 170 cm³/mol. The first kappa shape index (κ1) is 31.8. The van der Waals surface area contributed by atoms with E-state index in [9.17, 15) is 18.4 Å². The second kappa shape index (κ2) is 13.3.